The van der Waals surface area contributed by atoms with Crippen LogP contribution in [0.3, 0.4) is 0 Å². The van der Waals surface area contributed by atoms with E-state index in [9.17, 15) is 13.6 Å². The Hall–Kier alpha value is -2.28. The largest absolute Gasteiger partial charge is 0.331 e. The molecule has 1 aromatic heterocycles. The van der Waals surface area contributed by atoms with Gasteiger partial charge in [0.1, 0.15) is 5.82 Å². The van der Waals surface area contributed by atoms with E-state index < -0.39 is 11.6 Å². The molecule has 1 atom stereocenters. The Kier molecular flexibility index (Phi) is 4.06. The fraction of sp³-hybridized carbons (Fsp3) is 0.263. The van der Waals surface area contributed by atoms with Crippen molar-refractivity contribution in [2.24, 2.45) is 7.05 Å². The number of aromatic nitrogens is 2. The summed E-state index contributed by atoms with van der Waals surface area (Å²) in [6, 6.07) is 7.99. The SMILES string of the molecule is Cc1c(Br)cccc1N1CC(c2nc3cc(F)c(F)cc3n2C)CC1=O. The first-order valence-corrected chi connectivity index (χ1v) is 9.03. The lowest BCUT2D eigenvalue weighted by molar-refractivity contribution is -0.117. The standard InChI is InChI=1S/C19H16BrF2N3O/c1-10-12(20)4-3-5-16(10)25-9-11(6-18(25)26)19-23-15-7-13(21)14(22)8-17(15)24(19)2/h3-5,7-8,11H,6,9H2,1-2H3. The second-order valence-electron chi connectivity index (χ2n) is 6.57. The molecule has 0 spiro atoms. The summed E-state index contributed by atoms with van der Waals surface area (Å²) >= 11 is 3.50. The van der Waals surface area contributed by atoms with Crippen molar-refractivity contribution in [2.45, 2.75) is 19.3 Å². The van der Waals surface area contributed by atoms with Crippen molar-refractivity contribution in [2.75, 3.05) is 11.4 Å². The number of imidazole rings is 1. The fourth-order valence-corrected chi connectivity index (χ4v) is 3.93. The van der Waals surface area contributed by atoms with Gasteiger partial charge in [-0.05, 0) is 24.6 Å². The number of amides is 1. The van der Waals surface area contributed by atoms with Crippen LogP contribution in [0, 0.1) is 18.6 Å². The average molecular weight is 420 g/mol. The molecule has 7 heteroatoms. The molecule has 26 heavy (non-hydrogen) atoms. The Morgan fingerprint density at radius 1 is 1.23 bits per heavy atom. The number of carbonyl (C=O) groups is 1. The molecule has 1 aliphatic rings. The molecule has 0 radical (unpaired) electrons. The molecule has 4 rings (SSSR count). The summed E-state index contributed by atoms with van der Waals surface area (Å²) in [6.07, 6.45) is 0.314. The van der Waals surface area contributed by atoms with E-state index in [1.54, 1.807) is 16.5 Å². The number of benzene rings is 2. The van der Waals surface area contributed by atoms with Gasteiger partial charge in [0, 0.05) is 48.2 Å². The zero-order chi connectivity index (χ0) is 18.6. The van der Waals surface area contributed by atoms with E-state index in [0.717, 1.165) is 27.9 Å². The topological polar surface area (TPSA) is 38.1 Å². The quantitative estimate of drug-likeness (QED) is 0.615. The molecule has 4 nitrogen and oxygen atoms in total. The second-order valence-corrected chi connectivity index (χ2v) is 7.43. The van der Waals surface area contributed by atoms with Gasteiger partial charge in [-0.2, -0.15) is 0 Å². The number of carbonyl (C=O) groups excluding carboxylic acids is 1. The highest BCUT2D eigenvalue weighted by Crippen LogP contribution is 2.36. The third-order valence-corrected chi connectivity index (χ3v) is 5.84. The number of aryl methyl sites for hydroxylation is 1. The summed E-state index contributed by atoms with van der Waals surface area (Å²) in [6.45, 7) is 2.44. The molecule has 2 heterocycles. The van der Waals surface area contributed by atoms with E-state index in [1.165, 1.54) is 0 Å². The van der Waals surface area contributed by atoms with Crippen LogP contribution in [-0.2, 0) is 11.8 Å². The van der Waals surface area contributed by atoms with Crippen molar-refractivity contribution in [3.8, 4) is 0 Å². The number of anilines is 1. The number of nitrogens with zero attached hydrogens (tertiary/aromatic N) is 3. The lowest BCUT2D eigenvalue weighted by Gasteiger charge is -2.19. The number of hydrogen-bond donors (Lipinski definition) is 0. The Morgan fingerprint density at radius 3 is 2.73 bits per heavy atom. The summed E-state index contributed by atoms with van der Waals surface area (Å²) in [4.78, 5) is 18.8. The number of fused-ring (bicyclic) bond motifs is 1. The van der Waals surface area contributed by atoms with E-state index >= 15 is 0 Å². The maximum absolute atomic E-state index is 13.6. The Labute approximate surface area is 157 Å². The maximum Gasteiger partial charge on any atom is 0.227 e. The predicted molar refractivity (Wildman–Crippen MR) is 99.2 cm³/mol. The minimum atomic E-state index is -0.920. The summed E-state index contributed by atoms with van der Waals surface area (Å²) < 4.78 is 29.8. The van der Waals surface area contributed by atoms with Gasteiger partial charge < -0.3 is 9.47 Å². The van der Waals surface area contributed by atoms with Crippen molar-refractivity contribution < 1.29 is 13.6 Å². The van der Waals surface area contributed by atoms with Crippen LogP contribution in [-0.4, -0.2) is 22.0 Å². The molecule has 0 aliphatic carbocycles. The van der Waals surface area contributed by atoms with Gasteiger partial charge in [-0.25, -0.2) is 13.8 Å². The molecule has 0 bridgehead atoms. The molecule has 1 fully saturated rings. The molecule has 0 N–H and O–H groups in total. The van der Waals surface area contributed by atoms with Gasteiger partial charge in [0.2, 0.25) is 5.91 Å². The fourth-order valence-electron chi connectivity index (χ4n) is 3.57. The highest BCUT2D eigenvalue weighted by atomic mass is 79.9. The summed E-state index contributed by atoms with van der Waals surface area (Å²) in [5, 5.41) is 0. The van der Waals surface area contributed by atoms with Crippen LogP contribution < -0.4 is 4.90 Å². The van der Waals surface area contributed by atoms with Crippen LogP contribution >= 0.6 is 15.9 Å². The summed E-state index contributed by atoms with van der Waals surface area (Å²) in [5.41, 5.74) is 2.77. The molecule has 1 aliphatic heterocycles. The van der Waals surface area contributed by atoms with Crippen LogP contribution in [0.5, 0.6) is 0 Å². The molecule has 1 unspecified atom stereocenters. The van der Waals surface area contributed by atoms with Crippen molar-refractivity contribution in [1.82, 2.24) is 9.55 Å². The van der Waals surface area contributed by atoms with Gasteiger partial charge in [0.15, 0.2) is 11.6 Å². The zero-order valence-electron chi connectivity index (χ0n) is 14.3. The van der Waals surface area contributed by atoms with E-state index in [0.29, 0.717) is 29.8 Å². The van der Waals surface area contributed by atoms with Crippen molar-refractivity contribution in [1.29, 1.82) is 0 Å². The third-order valence-electron chi connectivity index (χ3n) is 4.98. The van der Waals surface area contributed by atoms with Gasteiger partial charge in [-0.1, -0.05) is 22.0 Å². The minimum absolute atomic E-state index is 0.0145. The summed E-state index contributed by atoms with van der Waals surface area (Å²) in [5.74, 6) is -1.28. The van der Waals surface area contributed by atoms with E-state index in [4.69, 9.17) is 0 Å². The monoisotopic (exact) mass is 419 g/mol. The third kappa shape index (κ3) is 2.61. The van der Waals surface area contributed by atoms with Gasteiger partial charge >= 0.3 is 0 Å². The number of rotatable bonds is 2. The van der Waals surface area contributed by atoms with Gasteiger partial charge in [-0.15, -0.1) is 0 Å². The minimum Gasteiger partial charge on any atom is -0.331 e. The predicted octanol–water partition coefficient (Wildman–Crippen LogP) is 4.44. The molecule has 3 aromatic rings. The van der Waals surface area contributed by atoms with Gasteiger partial charge in [0.25, 0.3) is 0 Å². The lowest BCUT2D eigenvalue weighted by atomic mass is 10.1. The van der Waals surface area contributed by atoms with Crippen LogP contribution in [0.2, 0.25) is 0 Å². The normalized spacial score (nSPS) is 17.5. The Morgan fingerprint density at radius 2 is 1.96 bits per heavy atom. The number of halogens is 3. The highest BCUT2D eigenvalue weighted by Gasteiger charge is 2.35. The van der Waals surface area contributed by atoms with Crippen LogP contribution in [0.1, 0.15) is 23.7 Å². The van der Waals surface area contributed by atoms with E-state index in [1.807, 2.05) is 25.1 Å². The zero-order valence-corrected chi connectivity index (χ0v) is 15.8. The van der Waals surface area contributed by atoms with E-state index in [-0.39, 0.29) is 11.8 Å². The smallest absolute Gasteiger partial charge is 0.227 e. The van der Waals surface area contributed by atoms with Crippen LogP contribution in [0.15, 0.2) is 34.8 Å². The van der Waals surface area contributed by atoms with Crippen LogP contribution in [0.25, 0.3) is 11.0 Å². The first-order valence-electron chi connectivity index (χ1n) is 8.23. The maximum atomic E-state index is 13.6. The van der Waals surface area contributed by atoms with Crippen molar-refractivity contribution in [3.05, 3.63) is 57.8 Å². The molecular weight excluding hydrogens is 404 g/mol. The Bertz CT molecular complexity index is 1050. The Balaban J connectivity index is 1.72. The molecule has 134 valence electrons. The molecular formula is C19H16BrF2N3O. The highest BCUT2D eigenvalue weighted by molar-refractivity contribution is 9.10. The molecule has 2 aromatic carbocycles. The molecule has 1 amide bonds. The first-order chi connectivity index (χ1) is 12.4. The van der Waals surface area contributed by atoms with Crippen molar-refractivity contribution in [3.63, 3.8) is 0 Å². The van der Waals surface area contributed by atoms with Gasteiger partial charge in [-0.3, -0.25) is 4.79 Å². The molecule has 0 saturated carbocycles. The first kappa shape index (κ1) is 17.1. The van der Waals surface area contributed by atoms with E-state index in [2.05, 4.69) is 20.9 Å². The van der Waals surface area contributed by atoms with Gasteiger partial charge in [0.05, 0.1) is 11.0 Å². The number of hydrogen-bond acceptors (Lipinski definition) is 2. The lowest BCUT2D eigenvalue weighted by Crippen LogP contribution is -2.25. The van der Waals surface area contributed by atoms with Crippen molar-refractivity contribution >= 4 is 38.6 Å². The average Bonchev–Trinajstić information content (AvgIpc) is 3.12. The van der Waals surface area contributed by atoms with Crippen LogP contribution in [0.4, 0.5) is 14.5 Å². The molecule has 1 saturated heterocycles. The second kappa shape index (κ2) is 6.16. The summed E-state index contributed by atoms with van der Waals surface area (Å²) in [7, 11) is 1.76.